The highest BCUT2D eigenvalue weighted by atomic mass is 35.5. The highest BCUT2D eigenvalue weighted by molar-refractivity contribution is 6.24. The first-order chi connectivity index (χ1) is 12.4. The average molecular weight is 401 g/mol. The maximum atomic E-state index is 12.8. The smallest absolute Gasteiger partial charge is 0.277 e. The van der Waals surface area contributed by atoms with Crippen molar-refractivity contribution in [2.75, 3.05) is 0 Å². The number of hydrazine groups is 1. The van der Waals surface area contributed by atoms with Crippen molar-refractivity contribution in [2.24, 2.45) is 11.8 Å². The Morgan fingerprint density at radius 1 is 1.08 bits per heavy atom. The number of carbonyl (C=O) groups excluding carboxylic acids is 2. The van der Waals surface area contributed by atoms with Gasteiger partial charge in [0.25, 0.3) is 11.8 Å². The van der Waals surface area contributed by atoms with Crippen LogP contribution in [-0.4, -0.2) is 45.8 Å². The topological polar surface area (TPSA) is 58.6 Å². The van der Waals surface area contributed by atoms with Gasteiger partial charge in [-0.15, -0.1) is 23.2 Å². The Morgan fingerprint density at radius 3 is 2.54 bits per heavy atom. The van der Waals surface area contributed by atoms with Gasteiger partial charge in [0.1, 0.15) is 5.57 Å². The van der Waals surface area contributed by atoms with Gasteiger partial charge in [0, 0.05) is 10.8 Å². The number of ether oxygens (including phenoxy) is 1. The van der Waals surface area contributed by atoms with Crippen molar-refractivity contribution in [1.29, 1.82) is 0 Å². The Balaban J connectivity index is 1.45. The molecule has 2 heterocycles. The second-order valence-electron chi connectivity index (χ2n) is 8.31. The first kappa shape index (κ1) is 18.6. The third-order valence-electron chi connectivity index (χ3n) is 6.25. The van der Waals surface area contributed by atoms with E-state index in [1.165, 1.54) is 5.01 Å². The average Bonchev–Trinajstić information content (AvgIpc) is 3.07. The number of hydrogen-bond donors (Lipinski definition) is 1. The molecule has 2 aliphatic carbocycles. The summed E-state index contributed by atoms with van der Waals surface area (Å²) in [7, 11) is 0. The minimum absolute atomic E-state index is 0.0615. The summed E-state index contributed by atoms with van der Waals surface area (Å²) in [5.41, 5.74) is 3.02. The highest BCUT2D eigenvalue weighted by Gasteiger charge is 2.42. The molecule has 0 bridgehead atoms. The molecule has 4 aliphatic rings. The molecule has 5 nitrogen and oxygen atoms in total. The number of allylic oxidation sites excluding steroid dienone is 1. The van der Waals surface area contributed by atoms with E-state index in [2.05, 4.69) is 12.3 Å². The number of carbonyl (C=O) groups is 2. The van der Waals surface area contributed by atoms with E-state index in [1.807, 2.05) is 6.08 Å². The van der Waals surface area contributed by atoms with E-state index in [4.69, 9.17) is 27.9 Å². The summed E-state index contributed by atoms with van der Waals surface area (Å²) in [4.78, 5) is 25.3. The second-order valence-corrected chi connectivity index (χ2v) is 9.54. The molecule has 1 N–H and O–H groups in total. The Hall–Kier alpha value is -0.780. The van der Waals surface area contributed by atoms with Gasteiger partial charge in [-0.3, -0.25) is 15.0 Å². The lowest BCUT2D eigenvalue weighted by atomic mass is 9.78. The van der Waals surface area contributed by atoms with Crippen molar-refractivity contribution < 1.29 is 14.3 Å². The molecule has 6 atom stereocenters. The van der Waals surface area contributed by atoms with Gasteiger partial charge >= 0.3 is 0 Å². The fraction of sp³-hybridized carbons (Fsp3) is 0.789. The van der Waals surface area contributed by atoms with Crippen molar-refractivity contribution >= 4 is 35.0 Å². The van der Waals surface area contributed by atoms with Crippen LogP contribution in [0.1, 0.15) is 51.9 Å². The van der Waals surface area contributed by atoms with E-state index in [9.17, 15) is 9.59 Å². The molecule has 2 saturated heterocycles. The molecular weight excluding hydrogens is 375 g/mol. The van der Waals surface area contributed by atoms with Crippen LogP contribution in [0.3, 0.4) is 0 Å². The SMILES string of the molecule is C[C@H]1CC2CC(/C=C3\C(=O)NN(C4CC(Cl)CC(Cl)C4)C3=O)CCC2O1. The lowest BCUT2D eigenvalue weighted by molar-refractivity contribution is -0.131. The van der Waals surface area contributed by atoms with Crippen LogP contribution in [0.5, 0.6) is 0 Å². The first-order valence-electron chi connectivity index (χ1n) is 9.70. The normalized spacial score (nSPS) is 45.1. The zero-order valence-corrected chi connectivity index (χ0v) is 16.5. The van der Waals surface area contributed by atoms with Crippen molar-refractivity contribution in [2.45, 2.75) is 80.9 Å². The molecule has 144 valence electrons. The second kappa shape index (κ2) is 7.33. The van der Waals surface area contributed by atoms with Crippen molar-refractivity contribution in [1.82, 2.24) is 10.4 Å². The Bertz CT molecular complexity index is 616. The monoisotopic (exact) mass is 400 g/mol. The fourth-order valence-corrected chi connectivity index (χ4v) is 6.02. The van der Waals surface area contributed by atoms with Gasteiger partial charge in [-0.05, 0) is 63.7 Å². The van der Waals surface area contributed by atoms with Crippen LogP contribution < -0.4 is 5.43 Å². The molecule has 26 heavy (non-hydrogen) atoms. The van der Waals surface area contributed by atoms with Crippen molar-refractivity contribution in [3.63, 3.8) is 0 Å². The molecule has 0 spiro atoms. The number of nitrogens with one attached hydrogen (secondary N) is 1. The Labute approximate surface area is 164 Å². The number of amides is 2. The van der Waals surface area contributed by atoms with Crippen LogP contribution >= 0.6 is 23.2 Å². The number of fused-ring (bicyclic) bond motifs is 1. The van der Waals surface area contributed by atoms with E-state index in [0.29, 0.717) is 31.0 Å². The molecule has 2 aliphatic heterocycles. The van der Waals surface area contributed by atoms with Gasteiger partial charge in [-0.25, -0.2) is 5.01 Å². The molecule has 4 rings (SSSR count). The molecule has 2 amide bonds. The number of hydrogen-bond acceptors (Lipinski definition) is 3. The number of alkyl halides is 2. The maximum absolute atomic E-state index is 12.8. The van der Waals surface area contributed by atoms with Gasteiger partial charge in [0.2, 0.25) is 0 Å². The standard InChI is InChI=1S/C19H26Cl2N2O3/c1-10-4-12-5-11(2-3-17(12)26-10)6-16-18(24)22-23(19(16)25)15-8-13(20)7-14(21)9-15/h6,10-15,17H,2-5,7-9H2,1H3,(H,22,24)/b16-6+/t10-,11?,12?,13?,14?,15?,17?/m0/s1. The third-order valence-corrected chi connectivity index (χ3v) is 6.96. The predicted octanol–water partition coefficient (Wildman–Crippen LogP) is 3.15. The molecule has 0 aromatic carbocycles. The zero-order valence-electron chi connectivity index (χ0n) is 15.0. The quantitative estimate of drug-likeness (QED) is 0.439. The van der Waals surface area contributed by atoms with Gasteiger partial charge in [-0.2, -0.15) is 0 Å². The number of nitrogens with zero attached hydrogens (tertiary/aromatic N) is 1. The van der Waals surface area contributed by atoms with Crippen LogP contribution in [0.4, 0.5) is 0 Å². The lowest BCUT2D eigenvalue weighted by Crippen LogP contribution is -2.48. The Kier molecular flexibility index (Phi) is 5.23. The van der Waals surface area contributed by atoms with Gasteiger partial charge in [0.15, 0.2) is 0 Å². The predicted molar refractivity (Wildman–Crippen MR) is 99.8 cm³/mol. The summed E-state index contributed by atoms with van der Waals surface area (Å²) in [6, 6.07) is -0.129. The molecule has 5 unspecified atom stereocenters. The maximum Gasteiger partial charge on any atom is 0.277 e. The molecule has 2 saturated carbocycles. The van der Waals surface area contributed by atoms with Gasteiger partial charge in [-0.1, -0.05) is 6.08 Å². The summed E-state index contributed by atoms with van der Waals surface area (Å²) in [6.45, 7) is 2.12. The minimum atomic E-state index is -0.295. The summed E-state index contributed by atoms with van der Waals surface area (Å²) < 4.78 is 5.94. The number of rotatable bonds is 2. The molecule has 4 fully saturated rings. The van der Waals surface area contributed by atoms with Crippen LogP contribution in [0, 0.1) is 11.8 Å². The van der Waals surface area contributed by atoms with E-state index >= 15 is 0 Å². The summed E-state index contributed by atoms with van der Waals surface area (Å²) in [5.74, 6) is 0.287. The van der Waals surface area contributed by atoms with Crippen LogP contribution in [0.2, 0.25) is 0 Å². The van der Waals surface area contributed by atoms with E-state index < -0.39 is 0 Å². The lowest BCUT2D eigenvalue weighted by Gasteiger charge is -2.34. The summed E-state index contributed by atoms with van der Waals surface area (Å²) in [6.07, 6.45) is 8.68. The van der Waals surface area contributed by atoms with E-state index in [-0.39, 0.29) is 40.1 Å². The van der Waals surface area contributed by atoms with Gasteiger partial charge in [0.05, 0.1) is 18.2 Å². The van der Waals surface area contributed by atoms with E-state index in [0.717, 1.165) is 32.1 Å². The van der Waals surface area contributed by atoms with Crippen LogP contribution in [0.25, 0.3) is 0 Å². The Morgan fingerprint density at radius 2 is 1.81 bits per heavy atom. The van der Waals surface area contributed by atoms with Gasteiger partial charge < -0.3 is 4.74 Å². The highest BCUT2D eigenvalue weighted by Crippen LogP contribution is 2.41. The molecule has 7 heteroatoms. The third kappa shape index (κ3) is 3.63. The molecular formula is C19H26Cl2N2O3. The van der Waals surface area contributed by atoms with E-state index in [1.54, 1.807) is 0 Å². The molecule has 0 aromatic heterocycles. The minimum Gasteiger partial charge on any atom is -0.375 e. The summed E-state index contributed by atoms with van der Waals surface area (Å²) >= 11 is 12.5. The van der Waals surface area contributed by atoms with Crippen LogP contribution in [-0.2, 0) is 14.3 Å². The first-order valence-corrected chi connectivity index (χ1v) is 10.6. The molecule has 0 radical (unpaired) electrons. The van der Waals surface area contributed by atoms with Crippen molar-refractivity contribution in [3.8, 4) is 0 Å². The largest absolute Gasteiger partial charge is 0.375 e. The van der Waals surface area contributed by atoms with Crippen LogP contribution in [0.15, 0.2) is 11.6 Å². The molecule has 0 aromatic rings. The van der Waals surface area contributed by atoms with Crippen molar-refractivity contribution in [3.05, 3.63) is 11.6 Å². The number of halogens is 2. The fourth-order valence-electron chi connectivity index (χ4n) is 5.09. The zero-order chi connectivity index (χ0) is 18.4. The summed E-state index contributed by atoms with van der Waals surface area (Å²) in [5, 5.41) is 1.34.